The van der Waals surface area contributed by atoms with Gasteiger partial charge in [0.2, 0.25) is 0 Å². The van der Waals surface area contributed by atoms with Gasteiger partial charge in [-0.15, -0.1) is 0 Å². The lowest BCUT2D eigenvalue weighted by atomic mass is 10.0. The molecule has 7 heteroatoms. The fraction of sp³-hybridized carbons (Fsp3) is 0.391. The van der Waals surface area contributed by atoms with Gasteiger partial charge in [0.25, 0.3) is 11.9 Å². The molecule has 2 aromatic heterocycles. The highest BCUT2D eigenvalue weighted by atomic mass is 16.3. The van der Waals surface area contributed by atoms with Crippen LogP contribution in [0, 0.1) is 0 Å². The average Bonchev–Trinajstić information content (AvgIpc) is 3.53. The van der Waals surface area contributed by atoms with E-state index < -0.39 is 6.10 Å². The molecule has 1 atom stereocenters. The summed E-state index contributed by atoms with van der Waals surface area (Å²) in [5.74, 6) is 0.570. The summed E-state index contributed by atoms with van der Waals surface area (Å²) in [6.45, 7) is 1.85. The monoisotopic (exact) mass is 403 g/mol. The first-order valence-electron chi connectivity index (χ1n) is 10.6. The molecular formula is C23H25N5O2. The molecule has 0 radical (unpaired) electrons. The number of rotatable bonds is 5. The third-order valence-corrected chi connectivity index (χ3v) is 5.78. The van der Waals surface area contributed by atoms with Crippen molar-refractivity contribution in [3.63, 3.8) is 0 Å². The van der Waals surface area contributed by atoms with Crippen LogP contribution in [-0.2, 0) is 12.8 Å². The van der Waals surface area contributed by atoms with E-state index >= 15 is 0 Å². The highest BCUT2D eigenvalue weighted by Gasteiger charge is 2.34. The summed E-state index contributed by atoms with van der Waals surface area (Å²) in [4.78, 5) is 22.2. The molecule has 0 unspecified atom stereocenters. The first-order chi connectivity index (χ1) is 14.6. The maximum Gasteiger partial charge on any atom is 0.254 e. The van der Waals surface area contributed by atoms with Crippen LogP contribution in [0.4, 0.5) is 0 Å². The summed E-state index contributed by atoms with van der Waals surface area (Å²) in [6.07, 6.45) is 8.01. The van der Waals surface area contributed by atoms with Crippen molar-refractivity contribution in [3.05, 3.63) is 59.0 Å². The Labute approximate surface area is 175 Å². The van der Waals surface area contributed by atoms with Crippen molar-refractivity contribution in [1.82, 2.24) is 25.1 Å². The number of nitrogens with zero attached hydrogens (tertiary/aromatic N) is 4. The van der Waals surface area contributed by atoms with E-state index in [1.807, 2.05) is 12.3 Å². The number of aliphatic hydroxyl groups is 1. The summed E-state index contributed by atoms with van der Waals surface area (Å²) in [5, 5.41) is 16.7. The molecule has 2 aliphatic carbocycles. The number of aryl methyl sites for hydroxylation is 2. The molecule has 3 aromatic rings. The van der Waals surface area contributed by atoms with Gasteiger partial charge in [-0.1, -0.05) is 24.3 Å². The number of hydrogen-bond acceptors (Lipinski definition) is 5. The van der Waals surface area contributed by atoms with Crippen molar-refractivity contribution in [1.29, 1.82) is 0 Å². The van der Waals surface area contributed by atoms with Crippen molar-refractivity contribution in [2.75, 3.05) is 6.54 Å². The van der Waals surface area contributed by atoms with E-state index in [9.17, 15) is 9.90 Å². The standard InChI is InChI=1S/C23H25N5O2/c1-14(29)11-24-22(30)19-13-26-28(21(19)16-9-10-16)23-25-12-17-7-4-6-15-5-2-3-8-18(15)20(17)27-23/h2-3,5,8,12-14,16,29H,4,6-7,9-11H2,1H3,(H,24,30)/t14-/m1/s1. The Bertz CT molecular complexity index is 1100. The quantitative estimate of drug-likeness (QED) is 0.683. The molecule has 0 saturated heterocycles. The van der Waals surface area contributed by atoms with E-state index in [-0.39, 0.29) is 18.4 Å². The predicted octanol–water partition coefficient (Wildman–Crippen LogP) is 2.81. The van der Waals surface area contributed by atoms with Crippen molar-refractivity contribution in [3.8, 4) is 17.2 Å². The third kappa shape index (κ3) is 3.50. The molecule has 1 amide bonds. The van der Waals surface area contributed by atoms with Crippen LogP contribution < -0.4 is 5.32 Å². The van der Waals surface area contributed by atoms with Crippen molar-refractivity contribution in [2.24, 2.45) is 0 Å². The van der Waals surface area contributed by atoms with Gasteiger partial charge in [-0.2, -0.15) is 5.10 Å². The number of aliphatic hydroxyl groups excluding tert-OH is 1. The normalized spacial score (nSPS) is 16.3. The Morgan fingerprint density at radius 3 is 2.83 bits per heavy atom. The van der Waals surface area contributed by atoms with Crippen LogP contribution in [-0.4, -0.2) is 43.4 Å². The Morgan fingerprint density at radius 2 is 2.03 bits per heavy atom. The van der Waals surface area contributed by atoms with Crippen molar-refractivity contribution in [2.45, 2.75) is 51.0 Å². The predicted molar refractivity (Wildman–Crippen MR) is 113 cm³/mol. The van der Waals surface area contributed by atoms with Crippen LogP contribution in [0.2, 0.25) is 0 Å². The topological polar surface area (TPSA) is 92.9 Å². The summed E-state index contributed by atoms with van der Waals surface area (Å²) >= 11 is 0. The van der Waals surface area contributed by atoms with E-state index in [4.69, 9.17) is 4.98 Å². The van der Waals surface area contributed by atoms with Crippen LogP contribution in [0.1, 0.15) is 59.3 Å². The van der Waals surface area contributed by atoms with Crippen LogP contribution in [0.25, 0.3) is 17.2 Å². The molecule has 1 saturated carbocycles. The SMILES string of the molecule is C[C@@H](O)CNC(=O)c1cnn(-c2ncc3c(n2)-c2ccccc2CCC3)c1C1CC1. The molecule has 2 aliphatic rings. The number of nitrogens with one attached hydrogen (secondary N) is 1. The van der Waals surface area contributed by atoms with Crippen LogP contribution in [0.5, 0.6) is 0 Å². The minimum absolute atomic E-state index is 0.209. The van der Waals surface area contributed by atoms with Gasteiger partial charge < -0.3 is 10.4 Å². The van der Waals surface area contributed by atoms with Crippen molar-refractivity contribution < 1.29 is 9.90 Å². The van der Waals surface area contributed by atoms with E-state index in [0.717, 1.165) is 54.6 Å². The highest BCUT2D eigenvalue weighted by Crippen LogP contribution is 2.42. The van der Waals surface area contributed by atoms with E-state index in [2.05, 4.69) is 33.6 Å². The van der Waals surface area contributed by atoms with Gasteiger partial charge in [0.15, 0.2) is 0 Å². The van der Waals surface area contributed by atoms with Crippen molar-refractivity contribution >= 4 is 5.91 Å². The van der Waals surface area contributed by atoms with E-state index in [1.54, 1.807) is 17.8 Å². The smallest absolute Gasteiger partial charge is 0.254 e. The summed E-state index contributed by atoms with van der Waals surface area (Å²) in [7, 11) is 0. The van der Waals surface area contributed by atoms with Gasteiger partial charge in [-0.05, 0) is 50.2 Å². The molecule has 0 spiro atoms. The number of fused-ring (bicyclic) bond motifs is 3. The molecule has 0 aliphatic heterocycles. The lowest BCUT2D eigenvalue weighted by Crippen LogP contribution is -2.31. The fourth-order valence-corrected chi connectivity index (χ4v) is 4.13. The minimum Gasteiger partial charge on any atom is -0.392 e. The van der Waals surface area contributed by atoms with Gasteiger partial charge in [0.05, 0.1) is 29.3 Å². The molecule has 154 valence electrons. The number of aromatic nitrogens is 4. The van der Waals surface area contributed by atoms with Gasteiger partial charge in [0, 0.05) is 24.2 Å². The fourth-order valence-electron chi connectivity index (χ4n) is 4.13. The summed E-state index contributed by atoms with van der Waals surface area (Å²) in [5.41, 5.74) is 5.98. The zero-order chi connectivity index (χ0) is 20.7. The first kappa shape index (κ1) is 18.9. The second-order valence-corrected chi connectivity index (χ2v) is 8.24. The number of hydrogen-bond donors (Lipinski definition) is 2. The summed E-state index contributed by atoms with van der Waals surface area (Å²) in [6, 6.07) is 8.41. The lowest BCUT2D eigenvalue weighted by Gasteiger charge is -2.12. The maximum absolute atomic E-state index is 12.7. The molecule has 2 N–H and O–H groups in total. The number of carbonyl (C=O) groups excluding carboxylic acids is 1. The number of benzene rings is 1. The summed E-state index contributed by atoms with van der Waals surface area (Å²) < 4.78 is 1.72. The molecule has 5 rings (SSSR count). The molecule has 0 bridgehead atoms. The molecule has 1 fully saturated rings. The largest absolute Gasteiger partial charge is 0.392 e. The molecule has 30 heavy (non-hydrogen) atoms. The Hall–Kier alpha value is -3.06. The molecule has 1 aromatic carbocycles. The van der Waals surface area contributed by atoms with Gasteiger partial charge in [-0.25, -0.2) is 14.6 Å². The van der Waals surface area contributed by atoms with Gasteiger partial charge in [0.1, 0.15) is 0 Å². The second kappa shape index (κ2) is 7.65. The molecule has 7 nitrogen and oxygen atoms in total. The molecule has 2 heterocycles. The first-order valence-corrected chi connectivity index (χ1v) is 10.6. The Morgan fingerprint density at radius 1 is 1.23 bits per heavy atom. The Balaban J connectivity index is 1.56. The Kier molecular flexibility index (Phi) is 4.83. The number of carbonyl (C=O) groups is 1. The average molecular weight is 403 g/mol. The third-order valence-electron chi connectivity index (χ3n) is 5.78. The highest BCUT2D eigenvalue weighted by molar-refractivity contribution is 5.95. The molecular weight excluding hydrogens is 378 g/mol. The van der Waals surface area contributed by atoms with E-state index in [1.165, 1.54) is 5.56 Å². The zero-order valence-corrected chi connectivity index (χ0v) is 17.0. The van der Waals surface area contributed by atoms with Gasteiger partial charge >= 0.3 is 0 Å². The zero-order valence-electron chi connectivity index (χ0n) is 17.0. The van der Waals surface area contributed by atoms with Crippen LogP contribution in [0.3, 0.4) is 0 Å². The number of amides is 1. The van der Waals surface area contributed by atoms with E-state index in [0.29, 0.717) is 11.5 Å². The van der Waals surface area contributed by atoms with Gasteiger partial charge in [-0.3, -0.25) is 4.79 Å². The minimum atomic E-state index is -0.596. The van der Waals surface area contributed by atoms with Crippen LogP contribution >= 0.6 is 0 Å². The maximum atomic E-state index is 12.7. The van der Waals surface area contributed by atoms with Crippen LogP contribution in [0.15, 0.2) is 36.7 Å². The lowest BCUT2D eigenvalue weighted by molar-refractivity contribution is 0.0923. The second-order valence-electron chi connectivity index (χ2n) is 8.24.